The number of aromatic nitrogens is 1. The Hall–Kier alpha value is -6.78. The summed E-state index contributed by atoms with van der Waals surface area (Å²) in [7, 11) is 0. The van der Waals surface area contributed by atoms with Gasteiger partial charge in [-0.25, -0.2) is 0 Å². The number of para-hydroxylation sites is 5. The normalized spacial score (nSPS) is 15.5. The lowest BCUT2D eigenvalue weighted by Crippen LogP contribution is -2.42. The van der Waals surface area contributed by atoms with E-state index in [-0.39, 0.29) is 5.54 Å². The van der Waals surface area contributed by atoms with E-state index in [2.05, 4.69) is 209 Å². The molecule has 10 rings (SSSR count). The summed E-state index contributed by atoms with van der Waals surface area (Å²) in [6.45, 7) is 2.33. The third-order valence-corrected chi connectivity index (χ3v) is 10.6. The molecule has 0 spiro atoms. The summed E-state index contributed by atoms with van der Waals surface area (Å²) in [5.74, 6) is 0. The van der Waals surface area contributed by atoms with Crippen molar-refractivity contribution in [3.05, 3.63) is 194 Å². The van der Waals surface area contributed by atoms with E-state index in [1.807, 2.05) is 6.07 Å². The SMILES string of the molecule is CC1(N(c2ccccc2)c2cc(N(c3ccccc3)c3ccccc3)cc(-n3c4ccccc4c4cc5c(cc43)oc3ccccc35)c2)C=CC=CC1. The van der Waals surface area contributed by atoms with E-state index < -0.39 is 0 Å². The van der Waals surface area contributed by atoms with Crippen LogP contribution in [0.1, 0.15) is 13.3 Å². The molecule has 1 atom stereocenters. The van der Waals surface area contributed by atoms with Crippen LogP contribution in [0.25, 0.3) is 49.4 Å². The zero-order valence-electron chi connectivity index (χ0n) is 29.4. The maximum absolute atomic E-state index is 6.49. The lowest BCUT2D eigenvalue weighted by atomic mass is 9.90. The highest BCUT2D eigenvalue weighted by atomic mass is 16.3. The van der Waals surface area contributed by atoms with Gasteiger partial charge in [-0.2, -0.15) is 0 Å². The highest BCUT2D eigenvalue weighted by molar-refractivity contribution is 6.17. The minimum atomic E-state index is -0.308. The number of fused-ring (bicyclic) bond motifs is 6. The number of rotatable bonds is 7. The van der Waals surface area contributed by atoms with E-state index in [0.29, 0.717) is 0 Å². The molecule has 4 heteroatoms. The molecule has 2 heterocycles. The van der Waals surface area contributed by atoms with Gasteiger partial charge in [-0.1, -0.05) is 115 Å². The Morgan fingerprint density at radius 2 is 1.11 bits per heavy atom. The Morgan fingerprint density at radius 1 is 0.491 bits per heavy atom. The maximum atomic E-state index is 6.49. The Morgan fingerprint density at radius 3 is 1.81 bits per heavy atom. The van der Waals surface area contributed by atoms with Gasteiger partial charge in [0, 0.05) is 50.4 Å². The summed E-state index contributed by atoms with van der Waals surface area (Å²) in [6, 6.07) is 60.8. The average molecular weight is 684 g/mol. The maximum Gasteiger partial charge on any atom is 0.137 e. The molecule has 1 aliphatic carbocycles. The monoisotopic (exact) mass is 683 g/mol. The number of benzene rings is 7. The van der Waals surface area contributed by atoms with Gasteiger partial charge in [-0.15, -0.1) is 0 Å². The molecule has 53 heavy (non-hydrogen) atoms. The van der Waals surface area contributed by atoms with Crippen molar-refractivity contribution in [3.63, 3.8) is 0 Å². The molecule has 0 aliphatic heterocycles. The van der Waals surface area contributed by atoms with Crippen molar-refractivity contribution < 1.29 is 4.42 Å². The molecule has 1 aliphatic rings. The second-order valence-electron chi connectivity index (χ2n) is 14.0. The zero-order valence-corrected chi connectivity index (χ0v) is 29.4. The highest BCUT2D eigenvalue weighted by Gasteiger charge is 2.32. The Balaban J connectivity index is 1.30. The number of furan rings is 1. The lowest BCUT2D eigenvalue weighted by Gasteiger charge is -2.42. The predicted octanol–water partition coefficient (Wildman–Crippen LogP) is 13.6. The first-order valence-electron chi connectivity index (χ1n) is 18.2. The summed E-state index contributed by atoms with van der Waals surface area (Å²) >= 11 is 0. The van der Waals surface area contributed by atoms with Crippen LogP contribution in [-0.2, 0) is 0 Å². The average Bonchev–Trinajstić information content (AvgIpc) is 3.73. The molecule has 0 saturated carbocycles. The van der Waals surface area contributed by atoms with E-state index in [1.165, 1.54) is 10.8 Å². The highest BCUT2D eigenvalue weighted by Crippen LogP contribution is 2.45. The molecule has 1 unspecified atom stereocenters. The van der Waals surface area contributed by atoms with Crippen LogP contribution in [0.5, 0.6) is 0 Å². The third kappa shape index (κ3) is 5.22. The summed E-state index contributed by atoms with van der Waals surface area (Å²) < 4.78 is 8.91. The van der Waals surface area contributed by atoms with Gasteiger partial charge in [-0.05, 0) is 86.1 Å². The van der Waals surface area contributed by atoms with Crippen molar-refractivity contribution in [1.29, 1.82) is 0 Å². The van der Waals surface area contributed by atoms with Crippen molar-refractivity contribution in [3.8, 4) is 5.69 Å². The number of nitrogens with zero attached hydrogens (tertiary/aromatic N) is 3. The van der Waals surface area contributed by atoms with Crippen LogP contribution in [0.4, 0.5) is 28.4 Å². The van der Waals surface area contributed by atoms with Crippen LogP contribution in [0.15, 0.2) is 199 Å². The van der Waals surface area contributed by atoms with Gasteiger partial charge in [0.1, 0.15) is 11.2 Å². The van der Waals surface area contributed by atoms with Crippen LogP contribution in [0.3, 0.4) is 0 Å². The Bertz CT molecular complexity index is 2790. The van der Waals surface area contributed by atoms with E-state index in [1.54, 1.807) is 0 Å². The van der Waals surface area contributed by atoms with E-state index >= 15 is 0 Å². The fourth-order valence-corrected chi connectivity index (χ4v) is 8.23. The van der Waals surface area contributed by atoms with Crippen molar-refractivity contribution in [1.82, 2.24) is 4.57 Å². The number of hydrogen-bond acceptors (Lipinski definition) is 3. The summed E-state index contributed by atoms with van der Waals surface area (Å²) in [5, 5.41) is 4.66. The van der Waals surface area contributed by atoms with Crippen LogP contribution >= 0.6 is 0 Å². The van der Waals surface area contributed by atoms with Crippen LogP contribution < -0.4 is 9.80 Å². The molecular formula is C49H37N3O. The molecule has 254 valence electrons. The number of anilines is 5. The van der Waals surface area contributed by atoms with E-state index in [9.17, 15) is 0 Å². The molecule has 0 radical (unpaired) electrons. The second-order valence-corrected chi connectivity index (χ2v) is 14.0. The molecule has 2 aromatic heterocycles. The van der Waals surface area contributed by atoms with Gasteiger partial charge in [-0.3, -0.25) is 0 Å². The van der Waals surface area contributed by atoms with Gasteiger partial charge in [0.25, 0.3) is 0 Å². The smallest absolute Gasteiger partial charge is 0.137 e. The first kappa shape index (κ1) is 31.0. The molecule has 0 saturated heterocycles. The fraction of sp³-hybridized carbons (Fsp3) is 0.0612. The fourth-order valence-electron chi connectivity index (χ4n) is 8.23. The van der Waals surface area contributed by atoms with Crippen molar-refractivity contribution in [2.24, 2.45) is 0 Å². The van der Waals surface area contributed by atoms with Crippen LogP contribution in [-0.4, -0.2) is 10.1 Å². The molecular weight excluding hydrogens is 647 g/mol. The topological polar surface area (TPSA) is 24.6 Å². The minimum absolute atomic E-state index is 0.308. The van der Waals surface area contributed by atoms with Crippen LogP contribution in [0.2, 0.25) is 0 Å². The zero-order chi connectivity index (χ0) is 35.4. The standard InChI is InChI=1S/C49H37N3O/c1-49(28-16-5-17-29-49)52(37-22-10-4-11-23-37)40-31-38(50(35-18-6-2-7-19-35)36-20-8-3-9-21-36)30-39(32-40)51-45-26-14-12-24-41(45)43-33-44-42-25-13-15-27-47(42)53-48(44)34-46(43)51/h2-28,30-34H,29H2,1H3. The first-order chi connectivity index (χ1) is 26.1. The van der Waals surface area contributed by atoms with Crippen molar-refractivity contribution in [2.45, 2.75) is 18.9 Å². The van der Waals surface area contributed by atoms with E-state index in [0.717, 1.165) is 73.5 Å². The van der Waals surface area contributed by atoms with Gasteiger partial charge in [0.05, 0.1) is 27.9 Å². The summed E-state index contributed by atoms with van der Waals surface area (Å²) in [4.78, 5) is 4.86. The summed E-state index contributed by atoms with van der Waals surface area (Å²) in [6.07, 6.45) is 9.80. The molecule has 0 N–H and O–H groups in total. The van der Waals surface area contributed by atoms with E-state index in [4.69, 9.17) is 4.42 Å². The minimum Gasteiger partial charge on any atom is -0.456 e. The molecule has 7 aromatic carbocycles. The van der Waals surface area contributed by atoms with Gasteiger partial charge >= 0.3 is 0 Å². The Kier molecular flexibility index (Phi) is 7.29. The largest absolute Gasteiger partial charge is 0.456 e. The van der Waals surface area contributed by atoms with Crippen molar-refractivity contribution >= 4 is 72.2 Å². The molecule has 0 amide bonds. The van der Waals surface area contributed by atoms with Gasteiger partial charge in [0.2, 0.25) is 0 Å². The van der Waals surface area contributed by atoms with Gasteiger partial charge < -0.3 is 18.8 Å². The molecule has 9 aromatic rings. The third-order valence-electron chi connectivity index (χ3n) is 10.6. The predicted molar refractivity (Wildman–Crippen MR) is 223 cm³/mol. The molecule has 0 bridgehead atoms. The number of allylic oxidation sites excluding steroid dienone is 2. The first-order valence-corrected chi connectivity index (χ1v) is 18.2. The number of hydrogen-bond donors (Lipinski definition) is 0. The Labute approximate surface area is 308 Å². The van der Waals surface area contributed by atoms with Crippen molar-refractivity contribution in [2.75, 3.05) is 9.80 Å². The second kappa shape index (κ2) is 12.5. The lowest BCUT2D eigenvalue weighted by molar-refractivity contribution is 0.570. The van der Waals surface area contributed by atoms with Gasteiger partial charge in [0.15, 0.2) is 0 Å². The summed E-state index contributed by atoms with van der Waals surface area (Å²) in [5.41, 5.74) is 10.3. The quantitative estimate of drug-likeness (QED) is 0.167. The molecule has 0 fully saturated rings. The van der Waals surface area contributed by atoms with Crippen LogP contribution in [0, 0.1) is 0 Å². The molecule has 4 nitrogen and oxygen atoms in total.